The van der Waals surface area contributed by atoms with Crippen molar-refractivity contribution < 1.29 is 4.74 Å². The van der Waals surface area contributed by atoms with Crippen LogP contribution in [0.2, 0.25) is 0 Å². The van der Waals surface area contributed by atoms with Gasteiger partial charge < -0.3 is 4.74 Å². The average molecular weight is 301 g/mol. The monoisotopic (exact) mass is 301 g/mol. The molecule has 1 aliphatic carbocycles. The Bertz CT molecular complexity index is 630. The summed E-state index contributed by atoms with van der Waals surface area (Å²) in [6, 6.07) is 9.75. The first-order valence-electron chi connectivity index (χ1n) is 6.90. The van der Waals surface area contributed by atoms with Crippen molar-refractivity contribution in [3.05, 3.63) is 29.8 Å². The fraction of sp³-hybridized carbons (Fsp3) is 0.429. The Hall–Kier alpha value is -2.07. The van der Waals surface area contributed by atoms with Gasteiger partial charge in [0.25, 0.3) is 0 Å². The molecule has 2 aromatic rings. The lowest BCUT2D eigenvalue weighted by Crippen LogP contribution is -2.01. The lowest BCUT2D eigenvalue weighted by atomic mass is 10.2. The highest BCUT2D eigenvalue weighted by molar-refractivity contribution is 7.99. The maximum Gasteiger partial charge on any atom is 0.209 e. The highest BCUT2D eigenvalue weighted by atomic mass is 32.2. The van der Waals surface area contributed by atoms with E-state index in [0.717, 1.165) is 23.1 Å². The van der Waals surface area contributed by atoms with Crippen molar-refractivity contribution in [3.8, 4) is 11.8 Å². The minimum Gasteiger partial charge on any atom is -0.494 e. The summed E-state index contributed by atoms with van der Waals surface area (Å²) in [7, 11) is 0. The van der Waals surface area contributed by atoms with E-state index in [1.54, 1.807) is 23.9 Å². The molecule has 0 unspecified atom stereocenters. The van der Waals surface area contributed by atoms with Gasteiger partial charge in [-0.25, -0.2) is 4.68 Å². The largest absolute Gasteiger partial charge is 0.494 e. The number of aromatic nitrogens is 4. The van der Waals surface area contributed by atoms with Crippen LogP contribution >= 0.6 is 11.8 Å². The first-order valence-corrected chi connectivity index (χ1v) is 7.89. The third-order valence-corrected chi connectivity index (χ3v) is 4.15. The summed E-state index contributed by atoms with van der Waals surface area (Å²) in [5.74, 6) is 1.71. The maximum absolute atomic E-state index is 8.72. The van der Waals surface area contributed by atoms with Crippen LogP contribution in [-0.2, 0) is 0 Å². The smallest absolute Gasteiger partial charge is 0.209 e. The Kier molecular flexibility index (Phi) is 4.36. The van der Waals surface area contributed by atoms with Gasteiger partial charge in [-0.3, -0.25) is 0 Å². The highest BCUT2D eigenvalue weighted by Crippen LogP contribution is 2.36. The van der Waals surface area contributed by atoms with Crippen LogP contribution in [-0.4, -0.2) is 32.6 Å². The Morgan fingerprint density at radius 1 is 1.33 bits per heavy atom. The van der Waals surface area contributed by atoms with E-state index in [1.165, 1.54) is 12.8 Å². The zero-order chi connectivity index (χ0) is 14.5. The van der Waals surface area contributed by atoms with Gasteiger partial charge in [-0.05, 0) is 54.0 Å². The molecule has 0 saturated heterocycles. The zero-order valence-electron chi connectivity index (χ0n) is 11.5. The van der Waals surface area contributed by atoms with Crippen molar-refractivity contribution in [1.82, 2.24) is 20.2 Å². The van der Waals surface area contributed by atoms with E-state index in [0.29, 0.717) is 18.2 Å². The molecule has 0 aliphatic heterocycles. The summed E-state index contributed by atoms with van der Waals surface area (Å²) in [5.41, 5.74) is 0.643. The van der Waals surface area contributed by atoms with E-state index in [1.807, 2.05) is 16.8 Å². The molecular weight excluding hydrogens is 286 g/mol. The highest BCUT2D eigenvalue weighted by Gasteiger charge is 2.27. The second-order valence-corrected chi connectivity index (χ2v) is 5.89. The topological polar surface area (TPSA) is 76.6 Å². The van der Waals surface area contributed by atoms with Crippen LogP contribution in [0, 0.1) is 11.3 Å². The lowest BCUT2D eigenvalue weighted by Gasteiger charge is -2.06. The minimum absolute atomic E-state index is 0.511. The second kappa shape index (κ2) is 6.59. The molecule has 7 heteroatoms. The molecule has 108 valence electrons. The van der Waals surface area contributed by atoms with Crippen LogP contribution in [0.25, 0.3) is 0 Å². The van der Waals surface area contributed by atoms with Gasteiger partial charge in [0.1, 0.15) is 5.75 Å². The number of hydrogen-bond donors (Lipinski definition) is 0. The first-order chi connectivity index (χ1) is 10.4. The lowest BCUT2D eigenvalue weighted by molar-refractivity contribution is 0.318. The molecule has 0 N–H and O–H groups in total. The number of benzene rings is 1. The predicted molar refractivity (Wildman–Crippen MR) is 78.1 cm³/mol. The fourth-order valence-corrected chi connectivity index (χ4v) is 2.72. The van der Waals surface area contributed by atoms with Crippen molar-refractivity contribution >= 4 is 11.8 Å². The number of hydrogen-bond acceptors (Lipinski definition) is 6. The zero-order valence-corrected chi connectivity index (χ0v) is 12.3. The summed E-state index contributed by atoms with van der Waals surface area (Å²) in [4.78, 5) is 0. The van der Waals surface area contributed by atoms with E-state index in [-0.39, 0.29) is 0 Å². The molecule has 0 bridgehead atoms. The van der Waals surface area contributed by atoms with E-state index in [9.17, 15) is 0 Å². The Morgan fingerprint density at radius 3 is 2.86 bits per heavy atom. The molecule has 0 spiro atoms. The minimum atomic E-state index is 0.511. The number of rotatable bonds is 7. The Labute approximate surface area is 127 Å². The van der Waals surface area contributed by atoms with Gasteiger partial charge in [0.05, 0.1) is 24.3 Å². The van der Waals surface area contributed by atoms with Crippen molar-refractivity contribution in [2.24, 2.45) is 0 Å². The normalized spacial score (nSPS) is 13.9. The van der Waals surface area contributed by atoms with Gasteiger partial charge in [-0.15, -0.1) is 5.10 Å². The Balaban J connectivity index is 1.38. The average Bonchev–Trinajstić information content (AvgIpc) is 3.27. The number of thioether (sulfide) groups is 1. The van der Waals surface area contributed by atoms with Gasteiger partial charge in [0.15, 0.2) is 0 Å². The van der Waals surface area contributed by atoms with Crippen LogP contribution < -0.4 is 4.74 Å². The van der Waals surface area contributed by atoms with Crippen LogP contribution in [0.15, 0.2) is 29.4 Å². The second-order valence-electron chi connectivity index (χ2n) is 4.82. The van der Waals surface area contributed by atoms with Crippen LogP contribution in [0.4, 0.5) is 0 Å². The summed E-state index contributed by atoms with van der Waals surface area (Å²) < 4.78 is 7.56. The molecule has 6 nitrogen and oxygen atoms in total. The Morgan fingerprint density at radius 2 is 2.14 bits per heavy atom. The van der Waals surface area contributed by atoms with Crippen molar-refractivity contribution in [2.45, 2.75) is 30.5 Å². The van der Waals surface area contributed by atoms with Crippen LogP contribution in [0.5, 0.6) is 5.75 Å². The van der Waals surface area contributed by atoms with Crippen molar-refractivity contribution in [3.63, 3.8) is 0 Å². The van der Waals surface area contributed by atoms with Gasteiger partial charge in [0, 0.05) is 5.75 Å². The van der Waals surface area contributed by atoms with Gasteiger partial charge in [-0.1, -0.05) is 11.8 Å². The van der Waals surface area contributed by atoms with E-state index in [2.05, 4.69) is 21.6 Å². The van der Waals surface area contributed by atoms with Crippen molar-refractivity contribution in [1.29, 1.82) is 5.26 Å². The molecule has 1 saturated carbocycles. The van der Waals surface area contributed by atoms with E-state index < -0.39 is 0 Å². The third kappa shape index (κ3) is 3.73. The standard InChI is InChI=1S/C14H15N5OS/c15-10-11-2-6-13(7-3-11)20-8-1-9-21-14-16-17-18-19(14)12-4-5-12/h2-3,6-7,12H,1,4-5,8-9H2. The van der Waals surface area contributed by atoms with Crippen LogP contribution in [0.3, 0.4) is 0 Å². The number of nitrogens with zero attached hydrogens (tertiary/aromatic N) is 5. The molecule has 0 amide bonds. The molecular formula is C14H15N5OS. The van der Waals surface area contributed by atoms with Crippen molar-refractivity contribution in [2.75, 3.05) is 12.4 Å². The van der Waals surface area contributed by atoms with Crippen LogP contribution in [0.1, 0.15) is 30.9 Å². The first kappa shape index (κ1) is 13.9. The number of ether oxygens (including phenoxy) is 1. The maximum atomic E-state index is 8.72. The molecule has 1 aliphatic rings. The molecule has 21 heavy (non-hydrogen) atoms. The fourth-order valence-electron chi connectivity index (χ4n) is 1.87. The molecule has 0 radical (unpaired) electrons. The van der Waals surface area contributed by atoms with Gasteiger partial charge in [-0.2, -0.15) is 5.26 Å². The molecule has 0 atom stereocenters. The third-order valence-electron chi connectivity index (χ3n) is 3.13. The molecule has 3 rings (SSSR count). The van der Waals surface area contributed by atoms with Gasteiger partial charge in [0.2, 0.25) is 5.16 Å². The SMILES string of the molecule is N#Cc1ccc(OCCCSc2nnnn2C2CC2)cc1. The quantitative estimate of drug-likeness (QED) is 0.577. The summed E-state index contributed by atoms with van der Waals surface area (Å²) in [6.45, 7) is 0.643. The van der Waals surface area contributed by atoms with Gasteiger partial charge >= 0.3 is 0 Å². The summed E-state index contributed by atoms with van der Waals surface area (Å²) >= 11 is 1.67. The number of nitriles is 1. The van der Waals surface area contributed by atoms with E-state index in [4.69, 9.17) is 10.00 Å². The summed E-state index contributed by atoms with van der Waals surface area (Å²) in [5, 5.41) is 21.4. The molecule has 1 heterocycles. The van der Waals surface area contributed by atoms with E-state index >= 15 is 0 Å². The molecule has 1 aromatic heterocycles. The number of tetrazole rings is 1. The summed E-state index contributed by atoms with van der Waals surface area (Å²) in [6.07, 6.45) is 3.28. The molecule has 1 aromatic carbocycles. The molecule has 1 fully saturated rings. The predicted octanol–water partition coefficient (Wildman–Crippen LogP) is 2.44.